The Hall–Kier alpha value is -0.130. The fourth-order valence-electron chi connectivity index (χ4n) is 3.64. The molecule has 3 nitrogen and oxygen atoms in total. The predicted molar refractivity (Wildman–Crippen MR) is 87.8 cm³/mol. The van der Waals surface area contributed by atoms with Crippen LogP contribution in [0.25, 0.3) is 0 Å². The number of nitrogens with one attached hydrogen (secondary N) is 1. The molecule has 1 aromatic carbocycles. The summed E-state index contributed by atoms with van der Waals surface area (Å²) in [5.74, 6) is 0.538. The molecule has 0 amide bonds. The minimum absolute atomic E-state index is 0.0617. The second kappa shape index (κ2) is 6.55. The zero-order valence-corrected chi connectivity index (χ0v) is 14.5. The Kier molecular flexibility index (Phi) is 4.91. The van der Waals surface area contributed by atoms with E-state index in [9.17, 15) is 0 Å². The molecule has 2 saturated heterocycles. The molecule has 1 spiro atoms. The number of hydrogen-bond acceptors (Lipinski definition) is 3. The van der Waals surface area contributed by atoms with Gasteiger partial charge in [0.2, 0.25) is 0 Å². The Morgan fingerprint density at radius 2 is 2.24 bits per heavy atom. The molecule has 2 fully saturated rings. The van der Waals surface area contributed by atoms with Crippen molar-refractivity contribution < 1.29 is 9.47 Å². The van der Waals surface area contributed by atoms with Gasteiger partial charge in [-0.25, -0.2) is 0 Å². The molecule has 3 unspecified atom stereocenters. The monoisotopic (exact) mass is 373 g/mol. The van der Waals surface area contributed by atoms with Crippen LogP contribution in [-0.4, -0.2) is 32.5 Å². The third-order valence-corrected chi connectivity index (χ3v) is 5.30. The van der Waals surface area contributed by atoms with E-state index < -0.39 is 0 Å². The highest BCUT2D eigenvalue weighted by molar-refractivity contribution is 9.10. The maximum atomic E-state index is 6.21. The van der Waals surface area contributed by atoms with Gasteiger partial charge < -0.3 is 14.8 Å². The average molecular weight is 375 g/mol. The van der Waals surface area contributed by atoms with Gasteiger partial charge in [0.05, 0.1) is 12.2 Å². The molecule has 0 saturated carbocycles. The lowest BCUT2D eigenvalue weighted by Crippen LogP contribution is -2.43. The van der Waals surface area contributed by atoms with Gasteiger partial charge in [-0.1, -0.05) is 27.5 Å². The lowest BCUT2D eigenvalue weighted by molar-refractivity contribution is -0.103. The van der Waals surface area contributed by atoms with Crippen molar-refractivity contribution >= 4 is 27.5 Å². The van der Waals surface area contributed by atoms with Crippen molar-refractivity contribution in [3.05, 3.63) is 33.3 Å². The minimum Gasteiger partial charge on any atom is -0.378 e. The van der Waals surface area contributed by atoms with E-state index in [4.69, 9.17) is 21.1 Å². The fourth-order valence-corrected chi connectivity index (χ4v) is 4.53. The minimum atomic E-state index is -0.0617. The van der Waals surface area contributed by atoms with Crippen LogP contribution in [0, 0.1) is 5.92 Å². The van der Waals surface area contributed by atoms with Gasteiger partial charge in [-0.3, -0.25) is 0 Å². The first-order chi connectivity index (χ1) is 10.1. The highest BCUT2D eigenvalue weighted by Crippen LogP contribution is 2.41. The molecule has 1 aromatic rings. The van der Waals surface area contributed by atoms with Crippen molar-refractivity contribution in [3.8, 4) is 0 Å². The summed E-state index contributed by atoms with van der Waals surface area (Å²) in [5, 5.41) is 4.24. The molecule has 21 heavy (non-hydrogen) atoms. The molecule has 0 aliphatic carbocycles. The summed E-state index contributed by atoms with van der Waals surface area (Å²) in [6.07, 6.45) is 3.12. The number of halogens is 2. The van der Waals surface area contributed by atoms with Gasteiger partial charge in [-0.2, -0.15) is 0 Å². The lowest BCUT2D eigenvalue weighted by Gasteiger charge is -2.40. The maximum absolute atomic E-state index is 6.21. The third-order valence-electron chi connectivity index (χ3n) is 4.62. The second-order valence-corrected chi connectivity index (χ2v) is 7.41. The molecule has 2 aliphatic rings. The molecule has 1 N–H and O–H groups in total. The summed E-state index contributed by atoms with van der Waals surface area (Å²) in [6.45, 7) is 2.37. The van der Waals surface area contributed by atoms with E-state index in [1.54, 1.807) is 0 Å². The van der Waals surface area contributed by atoms with Gasteiger partial charge in [0, 0.05) is 35.2 Å². The molecular weight excluding hydrogens is 354 g/mol. The largest absolute Gasteiger partial charge is 0.378 e. The number of ether oxygens (including phenoxy) is 2. The van der Waals surface area contributed by atoms with Crippen molar-refractivity contribution in [2.45, 2.75) is 30.9 Å². The molecule has 0 radical (unpaired) electrons. The van der Waals surface area contributed by atoms with Crippen LogP contribution in [0.5, 0.6) is 0 Å². The van der Waals surface area contributed by atoms with Crippen LogP contribution in [0.15, 0.2) is 22.7 Å². The Morgan fingerprint density at radius 3 is 2.90 bits per heavy atom. The van der Waals surface area contributed by atoms with Gasteiger partial charge in [0.25, 0.3) is 0 Å². The second-order valence-electron chi connectivity index (χ2n) is 6.06. The molecule has 0 aromatic heterocycles. The maximum Gasteiger partial charge on any atom is 0.0940 e. The van der Waals surface area contributed by atoms with Crippen LogP contribution in [0.2, 0.25) is 5.02 Å². The highest BCUT2D eigenvalue weighted by atomic mass is 79.9. The Labute approximate surface area is 139 Å². The van der Waals surface area contributed by atoms with Crippen molar-refractivity contribution in [2.75, 3.05) is 26.9 Å². The Morgan fingerprint density at radius 1 is 1.38 bits per heavy atom. The quantitative estimate of drug-likeness (QED) is 0.869. The first-order valence-electron chi connectivity index (χ1n) is 7.47. The summed E-state index contributed by atoms with van der Waals surface area (Å²) in [6, 6.07) is 6.43. The van der Waals surface area contributed by atoms with Crippen LogP contribution in [0.1, 0.15) is 30.9 Å². The molecule has 5 heteroatoms. The summed E-state index contributed by atoms with van der Waals surface area (Å²) < 4.78 is 12.6. The number of hydrogen-bond donors (Lipinski definition) is 1. The SMILES string of the molecule is CNC(c1cc(Cl)cc(Br)c1)C1CCOC2(CCOC2)C1. The lowest BCUT2D eigenvalue weighted by atomic mass is 9.79. The van der Waals surface area contributed by atoms with Crippen LogP contribution in [0.3, 0.4) is 0 Å². The molecule has 3 rings (SSSR count). The van der Waals surface area contributed by atoms with E-state index in [-0.39, 0.29) is 5.60 Å². The van der Waals surface area contributed by atoms with Crippen molar-refractivity contribution in [3.63, 3.8) is 0 Å². The summed E-state index contributed by atoms with van der Waals surface area (Å²) in [4.78, 5) is 0. The Bertz CT molecular complexity index is 485. The van der Waals surface area contributed by atoms with Crippen molar-refractivity contribution in [2.24, 2.45) is 5.92 Å². The highest BCUT2D eigenvalue weighted by Gasteiger charge is 2.43. The van der Waals surface area contributed by atoms with Gasteiger partial charge in [0.1, 0.15) is 0 Å². The van der Waals surface area contributed by atoms with Gasteiger partial charge in [0.15, 0.2) is 0 Å². The molecular formula is C16H21BrClNO2. The van der Waals surface area contributed by atoms with Gasteiger partial charge in [-0.15, -0.1) is 0 Å². The van der Waals surface area contributed by atoms with E-state index in [1.165, 1.54) is 5.56 Å². The van der Waals surface area contributed by atoms with E-state index in [1.807, 2.05) is 13.1 Å². The topological polar surface area (TPSA) is 30.5 Å². The third kappa shape index (κ3) is 3.45. The fraction of sp³-hybridized carbons (Fsp3) is 0.625. The Balaban J connectivity index is 1.82. The van der Waals surface area contributed by atoms with Crippen molar-refractivity contribution in [1.82, 2.24) is 5.32 Å². The van der Waals surface area contributed by atoms with Gasteiger partial charge >= 0.3 is 0 Å². The van der Waals surface area contributed by atoms with E-state index in [0.717, 1.165) is 48.6 Å². The first kappa shape index (κ1) is 15.8. The van der Waals surface area contributed by atoms with Crippen LogP contribution < -0.4 is 5.32 Å². The molecule has 2 heterocycles. The molecule has 0 bridgehead atoms. The predicted octanol–water partition coefficient (Wildman–Crippen LogP) is 3.95. The zero-order valence-electron chi connectivity index (χ0n) is 12.2. The van der Waals surface area contributed by atoms with E-state index in [0.29, 0.717) is 12.0 Å². The molecule has 2 aliphatic heterocycles. The van der Waals surface area contributed by atoms with Crippen LogP contribution in [0.4, 0.5) is 0 Å². The average Bonchev–Trinajstić information content (AvgIpc) is 2.86. The standard InChI is InChI=1S/C16H21BrClNO2/c1-19-15(12-6-13(17)8-14(18)7-12)11-2-4-21-16(9-11)3-5-20-10-16/h6-8,11,15,19H,2-5,9-10H2,1H3. The first-order valence-corrected chi connectivity index (χ1v) is 8.64. The van der Waals surface area contributed by atoms with Crippen LogP contribution in [-0.2, 0) is 9.47 Å². The number of benzene rings is 1. The van der Waals surface area contributed by atoms with Crippen molar-refractivity contribution in [1.29, 1.82) is 0 Å². The molecule has 3 atom stereocenters. The van der Waals surface area contributed by atoms with Crippen LogP contribution >= 0.6 is 27.5 Å². The van der Waals surface area contributed by atoms with E-state index in [2.05, 4.69) is 33.4 Å². The summed E-state index contributed by atoms with van der Waals surface area (Å²) in [7, 11) is 2.02. The van der Waals surface area contributed by atoms with E-state index >= 15 is 0 Å². The van der Waals surface area contributed by atoms with Gasteiger partial charge in [-0.05, 0) is 49.6 Å². The zero-order chi connectivity index (χ0) is 14.9. The molecule has 116 valence electrons. The summed E-state index contributed by atoms with van der Waals surface area (Å²) >= 11 is 9.75. The number of rotatable bonds is 3. The normalized spacial score (nSPS) is 30.7. The summed E-state index contributed by atoms with van der Waals surface area (Å²) in [5.41, 5.74) is 1.17. The smallest absolute Gasteiger partial charge is 0.0940 e.